The van der Waals surface area contributed by atoms with Crippen LogP contribution in [0.1, 0.15) is 37.0 Å². The predicted molar refractivity (Wildman–Crippen MR) is 76.6 cm³/mol. The topological polar surface area (TPSA) is 66.4 Å². The first-order chi connectivity index (χ1) is 8.94. The molecule has 2 N–H and O–H groups in total. The molecule has 0 bridgehead atoms. The van der Waals surface area contributed by atoms with Crippen LogP contribution >= 0.6 is 11.8 Å². The van der Waals surface area contributed by atoms with E-state index < -0.39 is 11.5 Å². The average Bonchev–Trinajstić information content (AvgIpc) is 2.38. The summed E-state index contributed by atoms with van der Waals surface area (Å²) in [5.41, 5.74) is -0.712. The standard InChI is InChI=1S/C14H19NO3S/c1-4-9-14(2,13(17)18)15-12(16)10-7-5-6-8-11(10)19-3/h5-8H,4,9H2,1-3H3,(H,15,16)(H,17,18). The number of hydrogen-bond acceptors (Lipinski definition) is 3. The summed E-state index contributed by atoms with van der Waals surface area (Å²) in [6.45, 7) is 3.43. The number of rotatable bonds is 6. The molecule has 0 spiro atoms. The number of carboxylic acids is 1. The normalized spacial score (nSPS) is 13.6. The van der Waals surface area contributed by atoms with Crippen LogP contribution < -0.4 is 5.32 Å². The van der Waals surface area contributed by atoms with Gasteiger partial charge >= 0.3 is 5.97 Å². The van der Waals surface area contributed by atoms with Crippen molar-refractivity contribution in [1.29, 1.82) is 0 Å². The summed E-state index contributed by atoms with van der Waals surface area (Å²) in [6, 6.07) is 7.17. The number of aliphatic carboxylic acids is 1. The zero-order valence-electron chi connectivity index (χ0n) is 11.4. The van der Waals surface area contributed by atoms with Gasteiger partial charge in [0.1, 0.15) is 5.54 Å². The van der Waals surface area contributed by atoms with Crippen molar-refractivity contribution in [2.45, 2.75) is 37.1 Å². The van der Waals surface area contributed by atoms with Crippen molar-refractivity contribution in [2.24, 2.45) is 0 Å². The van der Waals surface area contributed by atoms with E-state index in [9.17, 15) is 14.7 Å². The van der Waals surface area contributed by atoms with Crippen molar-refractivity contribution in [1.82, 2.24) is 5.32 Å². The summed E-state index contributed by atoms with van der Waals surface area (Å²) < 4.78 is 0. The second kappa shape index (κ2) is 6.61. The molecule has 0 aromatic heterocycles. The Kier molecular flexibility index (Phi) is 5.42. The summed E-state index contributed by atoms with van der Waals surface area (Å²) in [5.74, 6) is -1.35. The third kappa shape index (κ3) is 3.73. The number of carbonyl (C=O) groups excluding carboxylic acids is 1. The van der Waals surface area contributed by atoms with Gasteiger partial charge in [-0.05, 0) is 31.7 Å². The highest BCUT2D eigenvalue weighted by atomic mass is 32.2. The Bertz CT molecular complexity index is 476. The minimum absolute atomic E-state index is 0.344. The van der Waals surface area contributed by atoms with Crippen molar-refractivity contribution < 1.29 is 14.7 Å². The van der Waals surface area contributed by atoms with Crippen LogP contribution in [-0.2, 0) is 4.79 Å². The average molecular weight is 281 g/mol. The maximum atomic E-state index is 12.2. The Labute approximate surface area is 117 Å². The maximum Gasteiger partial charge on any atom is 0.329 e. The van der Waals surface area contributed by atoms with Gasteiger partial charge in [-0.3, -0.25) is 4.79 Å². The number of nitrogens with one attached hydrogen (secondary N) is 1. The lowest BCUT2D eigenvalue weighted by Crippen LogP contribution is -2.52. The molecule has 1 aromatic carbocycles. The largest absolute Gasteiger partial charge is 0.480 e. The molecule has 0 aliphatic carbocycles. The number of hydrogen-bond donors (Lipinski definition) is 2. The van der Waals surface area contributed by atoms with E-state index in [-0.39, 0.29) is 5.91 Å². The number of benzene rings is 1. The van der Waals surface area contributed by atoms with Crippen molar-refractivity contribution in [3.8, 4) is 0 Å². The SMILES string of the molecule is CCCC(C)(NC(=O)c1ccccc1SC)C(=O)O. The summed E-state index contributed by atoms with van der Waals surface area (Å²) in [7, 11) is 0. The molecule has 4 nitrogen and oxygen atoms in total. The van der Waals surface area contributed by atoms with Crippen molar-refractivity contribution in [3.63, 3.8) is 0 Å². The van der Waals surface area contributed by atoms with Gasteiger partial charge in [-0.25, -0.2) is 4.79 Å². The minimum atomic E-state index is -1.22. The lowest BCUT2D eigenvalue weighted by atomic mass is 9.96. The highest BCUT2D eigenvalue weighted by molar-refractivity contribution is 7.98. The Balaban J connectivity index is 2.97. The molecule has 1 rings (SSSR count). The highest BCUT2D eigenvalue weighted by Gasteiger charge is 2.34. The van der Waals surface area contributed by atoms with Gasteiger partial charge in [0.2, 0.25) is 0 Å². The van der Waals surface area contributed by atoms with E-state index in [0.717, 1.165) is 4.90 Å². The van der Waals surface area contributed by atoms with Gasteiger partial charge < -0.3 is 10.4 Å². The fraction of sp³-hybridized carbons (Fsp3) is 0.429. The smallest absolute Gasteiger partial charge is 0.329 e. The zero-order valence-corrected chi connectivity index (χ0v) is 12.2. The summed E-state index contributed by atoms with van der Waals surface area (Å²) in [5, 5.41) is 11.9. The molecule has 0 radical (unpaired) electrons. The van der Waals surface area contributed by atoms with Gasteiger partial charge in [-0.2, -0.15) is 0 Å². The van der Waals surface area contributed by atoms with Gasteiger partial charge in [0.05, 0.1) is 5.56 Å². The van der Waals surface area contributed by atoms with Crippen molar-refractivity contribution in [3.05, 3.63) is 29.8 Å². The Hall–Kier alpha value is -1.49. The Morgan fingerprint density at radius 1 is 1.37 bits per heavy atom. The molecule has 0 aliphatic rings. The molecule has 1 aromatic rings. The van der Waals surface area contributed by atoms with Gasteiger partial charge in [0.15, 0.2) is 0 Å². The first kappa shape index (κ1) is 15.6. The molecule has 5 heteroatoms. The monoisotopic (exact) mass is 281 g/mol. The Morgan fingerprint density at radius 3 is 2.53 bits per heavy atom. The third-order valence-electron chi connectivity index (χ3n) is 2.96. The molecule has 0 saturated heterocycles. The molecule has 0 heterocycles. The molecule has 1 unspecified atom stereocenters. The molecule has 19 heavy (non-hydrogen) atoms. The van der Waals surface area contributed by atoms with Gasteiger partial charge in [-0.1, -0.05) is 25.5 Å². The molecule has 0 fully saturated rings. The molecule has 104 valence electrons. The van der Waals surface area contributed by atoms with Crippen LogP contribution in [0.3, 0.4) is 0 Å². The van der Waals surface area contributed by atoms with Crippen LogP contribution in [0.5, 0.6) is 0 Å². The lowest BCUT2D eigenvalue weighted by Gasteiger charge is -2.26. The summed E-state index contributed by atoms with van der Waals surface area (Å²) >= 11 is 1.46. The minimum Gasteiger partial charge on any atom is -0.480 e. The van der Waals surface area contributed by atoms with Gasteiger partial charge in [-0.15, -0.1) is 11.8 Å². The fourth-order valence-electron chi connectivity index (χ4n) is 1.87. The number of thioether (sulfide) groups is 1. The van der Waals surface area contributed by atoms with Crippen LogP contribution in [0.25, 0.3) is 0 Å². The first-order valence-corrected chi connectivity index (χ1v) is 7.36. The third-order valence-corrected chi connectivity index (χ3v) is 3.76. The maximum absolute atomic E-state index is 12.2. The van der Waals surface area contributed by atoms with Crippen molar-refractivity contribution in [2.75, 3.05) is 6.26 Å². The number of amides is 1. The van der Waals surface area contributed by atoms with Gasteiger partial charge in [0, 0.05) is 4.90 Å². The van der Waals surface area contributed by atoms with Crippen LogP contribution in [0.4, 0.5) is 0 Å². The number of carbonyl (C=O) groups is 2. The lowest BCUT2D eigenvalue weighted by molar-refractivity contribution is -0.144. The summed E-state index contributed by atoms with van der Waals surface area (Å²) in [6.07, 6.45) is 2.97. The zero-order chi connectivity index (χ0) is 14.5. The van der Waals surface area contributed by atoms with Crippen LogP contribution in [0.2, 0.25) is 0 Å². The number of carboxylic acid groups (broad SMARTS) is 1. The molecule has 0 aliphatic heterocycles. The molecule has 1 amide bonds. The second-order valence-corrected chi connectivity index (χ2v) is 5.39. The molecular weight excluding hydrogens is 262 g/mol. The van der Waals surface area contributed by atoms with Gasteiger partial charge in [0.25, 0.3) is 5.91 Å². The predicted octanol–water partition coefficient (Wildman–Crippen LogP) is 2.78. The fourth-order valence-corrected chi connectivity index (χ4v) is 2.47. The van der Waals surface area contributed by atoms with E-state index in [1.54, 1.807) is 19.1 Å². The second-order valence-electron chi connectivity index (χ2n) is 4.54. The Morgan fingerprint density at radius 2 is 2.00 bits per heavy atom. The van der Waals surface area contributed by atoms with Crippen LogP contribution in [0.15, 0.2) is 29.2 Å². The molecule has 0 saturated carbocycles. The van der Waals surface area contributed by atoms with Crippen LogP contribution in [-0.4, -0.2) is 28.8 Å². The highest BCUT2D eigenvalue weighted by Crippen LogP contribution is 2.21. The van der Waals surface area contributed by atoms with E-state index in [4.69, 9.17) is 0 Å². The molecular formula is C14H19NO3S. The van der Waals surface area contributed by atoms with Crippen LogP contribution in [0, 0.1) is 0 Å². The van der Waals surface area contributed by atoms with E-state index >= 15 is 0 Å². The van der Waals surface area contributed by atoms with E-state index in [1.165, 1.54) is 11.8 Å². The molecule has 1 atom stereocenters. The van der Waals surface area contributed by atoms with E-state index in [2.05, 4.69) is 5.32 Å². The van der Waals surface area contributed by atoms with Crippen molar-refractivity contribution >= 4 is 23.6 Å². The van der Waals surface area contributed by atoms with E-state index in [1.807, 2.05) is 25.3 Å². The van der Waals surface area contributed by atoms with E-state index in [0.29, 0.717) is 18.4 Å². The quantitative estimate of drug-likeness (QED) is 0.787. The summed E-state index contributed by atoms with van der Waals surface area (Å²) in [4.78, 5) is 24.4. The first-order valence-electron chi connectivity index (χ1n) is 6.13.